The third kappa shape index (κ3) is 3.98. The number of carbonyl (C=O) groups excluding carboxylic acids is 1. The fourth-order valence-corrected chi connectivity index (χ4v) is 1.07. The summed E-state index contributed by atoms with van der Waals surface area (Å²) in [4.78, 5) is 10.9. The fourth-order valence-electron chi connectivity index (χ4n) is 1.00. The molecule has 16 heavy (non-hydrogen) atoms. The molecule has 0 aliphatic rings. The van der Waals surface area contributed by atoms with E-state index in [1.807, 2.05) is 0 Å². The first-order chi connectivity index (χ1) is 7.51. The van der Waals surface area contributed by atoms with Crippen molar-refractivity contribution >= 4 is 23.2 Å². The number of rotatable bonds is 4. The molecule has 0 aliphatic carbocycles. The SMILES string of the molecule is O=C(CCl)Nc1cc(F)cc(OC(F)F)c1. The van der Waals surface area contributed by atoms with Gasteiger partial charge in [0.05, 0.1) is 0 Å². The molecule has 0 saturated carbocycles. The summed E-state index contributed by atoms with van der Waals surface area (Å²) in [7, 11) is 0. The number of hydrogen-bond acceptors (Lipinski definition) is 2. The summed E-state index contributed by atoms with van der Waals surface area (Å²) in [6.07, 6.45) is 0. The van der Waals surface area contributed by atoms with Crippen LogP contribution in [0.5, 0.6) is 5.75 Å². The van der Waals surface area contributed by atoms with Crippen molar-refractivity contribution in [2.45, 2.75) is 6.61 Å². The molecule has 1 rings (SSSR count). The van der Waals surface area contributed by atoms with Crippen LogP contribution in [0.25, 0.3) is 0 Å². The van der Waals surface area contributed by atoms with E-state index in [2.05, 4.69) is 10.1 Å². The average Bonchev–Trinajstić information content (AvgIpc) is 2.15. The van der Waals surface area contributed by atoms with Crippen molar-refractivity contribution in [1.29, 1.82) is 0 Å². The molecule has 0 aliphatic heterocycles. The lowest BCUT2D eigenvalue weighted by Gasteiger charge is -2.08. The zero-order chi connectivity index (χ0) is 12.1. The molecule has 0 fully saturated rings. The van der Waals surface area contributed by atoms with Gasteiger partial charge < -0.3 is 10.1 Å². The second kappa shape index (κ2) is 5.60. The van der Waals surface area contributed by atoms with E-state index in [0.29, 0.717) is 0 Å². The first kappa shape index (κ1) is 12.6. The number of benzene rings is 1. The van der Waals surface area contributed by atoms with Crippen LogP contribution >= 0.6 is 11.6 Å². The highest BCUT2D eigenvalue weighted by molar-refractivity contribution is 6.29. The van der Waals surface area contributed by atoms with Gasteiger partial charge in [-0.1, -0.05) is 0 Å². The standard InChI is InChI=1S/C9H7ClF3NO2/c10-4-8(15)14-6-1-5(11)2-7(3-6)16-9(12)13/h1-3,9H,4H2,(H,14,15). The summed E-state index contributed by atoms with van der Waals surface area (Å²) in [5, 5.41) is 2.21. The molecule has 0 saturated heterocycles. The Bertz CT molecular complexity index is 387. The molecule has 0 radical (unpaired) electrons. The molecule has 0 aromatic heterocycles. The number of anilines is 1. The molecule has 1 aromatic rings. The average molecular weight is 254 g/mol. The van der Waals surface area contributed by atoms with E-state index in [4.69, 9.17) is 11.6 Å². The normalized spacial score (nSPS) is 10.3. The Hall–Kier alpha value is -1.43. The van der Waals surface area contributed by atoms with Crippen LogP contribution in [0, 0.1) is 5.82 Å². The molecule has 7 heteroatoms. The minimum atomic E-state index is -3.06. The summed E-state index contributed by atoms with van der Waals surface area (Å²) in [6.45, 7) is -3.06. The molecule has 0 spiro atoms. The second-order valence-corrected chi connectivity index (χ2v) is 3.00. The van der Waals surface area contributed by atoms with Gasteiger partial charge in [-0.25, -0.2) is 4.39 Å². The fraction of sp³-hybridized carbons (Fsp3) is 0.222. The molecule has 0 heterocycles. The summed E-state index contributed by atoms with van der Waals surface area (Å²) in [5.74, 6) is -2.07. The van der Waals surface area contributed by atoms with Crippen molar-refractivity contribution in [2.75, 3.05) is 11.2 Å². The van der Waals surface area contributed by atoms with E-state index in [1.165, 1.54) is 0 Å². The lowest BCUT2D eigenvalue weighted by atomic mass is 10.3. The lowest BCUT2D eigenvalue weighted by molar-refractivity contribution is -0.113. The Morgan fingerprint density at radius 2 is 2.12 bits per heavy atom. The summed E-state index contributed by atoms with van der Waals surface area (Å²) >= 11 is 5.21. The van der Waals surface area contributed by atoms with E-state index in [1.54, 1.807) is 0 Å². The molecule has 1 N–H and O–H groups in total. The van der Waals surface area contributed by atoms with Crippen LogP contribution in [0.15, 0.2) is 18.2 Å². The molecule has 0 bridgehead atoms. The van der Waals surface area contributed by atoms with Crippen LogP contribution < -0.4 is 10.1 Å². The zero-order valence-electron chi connectivity index (χ0n) is 7.84. The van der Waals surface area contributed by atoms with Crippen molar-refractivity contribution in [1.82, 2.24) is 0 Å². The van der Waals surface area contributed by atoms with Gasteiger partial charge in [0.1, 0.15) is 17.4 Å². The van der Waals surface area contributed by atoms with Gasteiger partial charge in [0, 0.05) is 17.8 Å². The molecular weight excluding hydrogens is 247 g/mol. The van der Waals surface area contributed by atoms with Crippen LogP contribution in [0.3, 0.4) is 0 Å². The molecule has 1 amide bonds. The van der Waals surface area contributed by atoms with Crippen LogP contribution in [-0.4, -0.2) is 18.4 Å². The van der Waals surface area contributed by atoms with Gasteiger partial charge in [0.25, 0.3) is 0 Å². The maximum atomic E-state index is 12.9. The first-order valence-electron chi connectivity index (χ1n) is 4.12. The minimum Gasteiger partial charge on any atom is -0.435 e. The van der Waals surface area contributed by atoms with Crippen LogP contribution in [0.4, 0.5) is 18.9 Å². The number of hydrogen-bond donors (Lipinski definition) is 1. The Morgan fingerprint density at radius 3 is 2.69 bits per heavy atom. The molecule has 0 unspecified atom stereocenters. The van der Waals surface area contributed by atoms with E-state index < -0.39 is 18.3 Å². The van der Waals surface area contributed by atoms with Crippen molar-refractivity contribution in [3.63, 3.8) is 0 Å². The molecule has 1 aromatic carbocycles. The predicted molar refractivity (Wildman–Crippen MR) is 52.4 cm³/mol. The highest BCUT2D eigenvalue weighted by Crippen LogP contribution is 2.21. The molecule has 88 valence electrons. The van der Waals surface area contributed by atoms with E-state index in [0.717, 1.165) is 18.2 Å². The highest BCUT2D eigenvalue weighted by Gasteiger charge is 2.08. The van der Waals surface area contributed by atoms with Gasteiger partial charge in [-0.2, -0.15) is 8.78 Å². The largest absolute Gasteiger partial charge is 0.435 e. The summed E-state index contributed by atoms with van der Waals surface area (Å²) < 4.78 is 40.6. The molecule has 3 nitrogen and oxygen atoms in total. The smallest absolute Gasteiger partial charge is 0.387 e. The van der Waals surface area contributed by atoms with E-state index in [9.17, 15) is 18.0 Å². The van der Waals surface area contributed by atoms with Crippen molar-refractivity contribution in [3.05, 3.63) is 24.0 Å². The first-order valence-corrected chi connectivity index (χ1v) is 4.66. The molecular formula is C9H7ClF3NO2. The number of ether oxygens (including phenoxy) is 1. The van der Waals surface area contributed by atoms with Gasteiger partial charge in [-0.15, -0.1) is 11.6 Å². The Balaban J connectivity index is 2.85. The highest BCUT2D eigenvalue weighted by atomic mass is 35.5. The van der Waals surface area contributed by atoms with E-state index in [-0.39, 0.29) is 17.3 Å². The van der Waals surface area contributed by atoms with Crippen LogP contribution in [0.2, 0.25) is 0 Å². The quantitative estimate of drug-likeness (QED) is 0.838. The van der Waals surface area contributed by atoms with Gasteiger partial charge in [0.15, 0.2) is 0 Å². The third-order valence-electron chi connectivity index (χ3n) is 1.50. The molecule has 0 atom stereocenters. The number of nitrogens with one attached hydrogen (secondary N) is 1. The lowest BCUT2D eigenvalue weighted by Crippen LogP contribution is -2.13. The topological polar surface area (TPSA) is 38.3 Å². The van der Waals surface area contributed by atoms with Gasteiger partial charge in [0.2, 0.25) is 5.91 Å². The third-order valence-corrected chi connectivity index (χ3v) is 1.74. The maximum Gasteiger partial charge on any atom is 0.387 e. The number of alkyl halides is 3. The number of carbonyl (C=O) groups is 1. The second-order valence-electron chi connectivity index (χ2n) is 2.74. The van der Waals surface area contributed by atoms with Gasteiger partial charge in [-0.3, -0.25) is 4.79 Å². The minimum absolute atomic E-state index is 0.00120. The van der Waals surface area contributed by atoms with Crippen molar-refractivity contribution < 1.29 is 22.7 Å². The maximum absolute atomic E-state index is 12.9. The zero-order valence-corrected chi connectivity index (χ0v) is 8.60. The Labute approximate surface area is 94.2 Å². The summed E-state index contributed by atoms with van der Waals surface area (Å²) in [6, 6.07) is 2.81. The van der Waals surface area contributed by atoms with Gasteiger partial charge in [-0.05, 0) is 6.07 Å². The number of amides is 1. The van der Waals surface area contributed by atoms with E-state index >= 15 is 0 Å². The monoisotopic (exact) mass is 253 g/mol. The Morgan fingerprint density at radius 1 is 1.44 bits per heavy atom. The van der Waals surface area contributed by atoms with Crippen molar-refractivity contribution in [3.8, 4) is 5.75 Å². The Kier molecular flexibility index (Phi) is 4.42. The number of halogens is 4. The van der Waals surface area contributed by atoms with Crippen LogP contribution in [0.1, 0.15) is 0 Å². The van der Waals surface area contributed by atoms with Crippen molar-refractivity contribution in [2.24, 2.45) is 0 Å². The van der Waals surface area contributed by atoms with Crippen LogP contribution in [-0.2, 0) is 4.79 Å². The predicted octanol–water partition coefficient (Wildman–Crippen LogP) is 2.60. The summed E-state index contributed by atoms with van der Waals surface area (Å²) in [5.41, 5.74) is 0.00120. The van der Waals surface area contributed by atoms with Gasteiger partial charge >= 0.3 is 6.61 Å².